The van der Waals surface area contributed by atoms with Crippen LogP contribution in [0.15, 0.2) is 24.3 Å². The fraction of sp³-hybridized carbons (Fsp3) is 0.667. The van der Waals surface area contributed by atoms with Crippen molar-refractivity contribution in [2.45, 2.75) is 43.7 Å². The molecule has 3 N–H and O–H groups in total. The number of hydrogen-bond donors (Lipinski definition) is 3. The Morgan fingerprint density at radius 1 is 1.30 bits per heavy atom. The molecule has 0 spiro atoms. The first-order valence-electron chi connectivity index (χ1n) is 6.91. The maximum Gasteiger partial charge on any atom is 0.334 e. The Kier molecular flexibility index (Phi) is 2.87. The predicted octanol–water partition coefficient (Wildman–Crippen LogP) is 0.153. The van der Waals surface area contributed by atoms with Gasteiger partial charge in [0.2, 0.25) is 0 Å². The van der Waals surface area contributed by atoms with Crippen LogP contribution in [0.25, 0.3) is 0 Å². The molecule has 3 rings (SSSR count). The molecule has 0 bridgehead atoms. The first-order valence-corrected chi connectivity index (χ1v) is 6.91. The number of carbonyl (C=O) groups is 1. The fourth-order valence-electron chi connectivity index (χ4n) is 4.16. The molecule has 7 unspecified atom stereocenters. The molecule has 3 aliphatic rings. The largest absolute Gasteiger partial charge is 0.458 e. The Hall–Kier alpha value is -1.17. The first-order chi connectivity index (χ1) is 9.24. The Morgan fingerprint density at radius 2 is 1.95 bits per heavy atom. The SMILES string of the molecule is C=C1C(=O)OC2C1C(O)CC(C)(O)C1CC(O)C(=C)C21. The summed E-state index contributed by atoms with van der Waals surface area (Å²) >= 11 is 0. The molecule has 5 heteroatoms. The summed E-state index contributed by atoms with van der Waals surface area (Å²) in [5, 5.41) is 31.0. The molecule has 0 aromatic rings. The van der Waals surface area contributed by atoms with E-state index in [0.29, 0.717) is 12.0 Å². The van der Waals surface area contributed by atoms with Crippen molar-refractivity contribution in [2.24, 2.45) is 17.8 Å². The molecule has 2 saturated carbocycles. The summed E-state index contributed by atoms with van der Waals surface area (Å²) in [6.07, 6.45) is -1.68. The highest BCUT2D eigenvalue weighted by Gasteiger charge is 2.59. The molecule has 1 heterocycles. The maximum atomic E-state index is 11.7. The molecule has 0 radical (unpaired) electrons. The van der Waals surface area contributed by atoms with Crippen molar-refractivity contribution in [2.75, 3.05) is 0 Å². The van der Waals surface area contributed by atoms with Crippen LogP contribution in [0.2, 0.25) is 0 Å². The summed E-state index contributed by atoms with van der Waals surface area (Å²) in [4.78, 5) is 11.7. The molecule has 5 nitrogen and oxygen atoms in total. The Bertz CT molecular complexity index is 494. The van der Waals surface area contributed by atoms with Crippen LogP contribution >= 0.6 is 0 Å². The van der Waals surface area contributed by atoms with Gasteiger partial charge in [-0.2, -0.15) is 0 Å². The third-order valence-corrected chi connectivity index (χ3v) is 5.22. The minimum Gasteiger partial charge on any atom is -0.458 e. The van der Waals surface area contributed by atoms with Gasteiger partial charge in [0.25, 0.3) is 0 Å². The van der Waals surface area contributed by atoms with Crippen molar-refractivity contribution in [3.05, 3.63) is 24.3 Å². The standard InChI is InChI=1S/C15H20O5/c1-6-9(16)4-8-11(6)13-12(7(2)14(18)20-13)10(17)5-15(8,3)19/h8-13,16-17,19H,1-2,4-5H2,3H3. The van der Waals surface area contributed by atoms with Gasteiger partial charge in [0.05, 0.1) is 23.7 Å². The lowest BCUT2D eigenvalue weighted by Crippen LogP contribution is -2.39. The zero-order valence-electron chi connectivity index (χ0n) is 11.5. The number of aliphatic hydroxyl groups excluding tert-OH is 2. The highest BCUT2D eigenvalue weighted by molar-refractivity contribution is 5.91. The van der Waals surface area contributed by atoms with Crippen LogP contribution in [0, 0.1) is 17.8 Å². The summed E-state index contributed by atoms with van der Waals surface area (Å²) in [6, 6.07) is 0. The minimum atomic E-state index is -1.14. The average Bonchev–Trinajstić information content (AvgIpc) is 2.76. The van der Waals surface area contributed by atoms with E-state index in [0.717, 1.165) is 0 Å². The molecular formula is C15H20O5. The van der Waals surface area contributed by atoms with Gasteiger partial charge in [0, 0.05) is 23.8 Å². The number of esters is 1. The number of aliphatic hydroxyl groups is 3. The summed E-state index contributed by atoms with van der Waals surface area (Å²) < 4.78 is 5.37. The summed E-state index contributed by atoms with van der Waals surface area (Å²) in [6.45, 7) is 9.27. The molecular weight excluding hydrogens is 260 g/mol. The molecule has 20 heavy (non-hydrogen) atoms. The molecule has 0 aromatic heterocycles. The molecule has 3 fully saturated rings. The normalized spacial score (nSPS) is 51.5. The monoisotopic (exact) mass is 280 g/mol. The van der Waals surface area contributed by atoms with Crippen molar-refractivity contribution in [1.82, 2.24) is 0 Å². The van der Waals surface area contributed by atoms with E-state index in [1.165, 1.54) is 0 Å². The van der Waals surface area contributed by atoms with Gasteiger partial charge in [-0.1, -0.05) is 13.2 Å². The topological polar surface area (TPSA) is 87.0 Å². The van der Waals surface area contributed by atoms with Crippen LogP contribution < -0.4 is 0 Å². The average molecular weight is 280 g/mol. The smallest absolute Gasteiger partial charge is 0.334 e. The number of ether oxygens (including phenoxy) is 1. The van der Waals surface area contributed by atoms with Gasteiger partial charge in [0.1, 0.15) is 6.10 Å². The molecule has 1 saturated heterocycles. The second kappa shape index (κ2) is 4.16. The van der Waals surface area contributed by atoms with Gasteiger partial charge in [-0.15, -0.1) is 0 Å². The summed E-state index contributed by atoms with van der Waals surface area (Å²) in [7, 11) is 0. The zero-order valence-corrected chi connectivity index (χ0v) is 11.5. The van der Waals surface area contributed by atoms with Crippen LogP contribution in [-0.4, -0.2) is 45.2 Å². The zero-order chi connectivity index (χ0) is 14.8. The summed E-state index contributed by atoms with van der Waals surface area (Å²) in [5.74, 6) is -1.67. The summed E-state index contributed by atoms with van der Waals surface area (Å²) in [5.41, 5.74) is -0.323. The molecule has 7 atom stereocenters. The Balaban J connectivity index is 2.08. The van der Waals surface area contributed by atoms with Crippen LogP contribution in [0.1, 0.15) is 19.8 Å². The van der Waals surface area contributed by atoms with Gasteiger partial charge in [-0.3, -0.25) is 0 Å². The van der Waals surface area contributed by atoms with Crippen molar-refractivity contribution in [1.29, 1.82) is 0 Å². The lowest BCUT2D eigenvalue weighted by Gasteiger charge is -2.33. The van der Waals surface area contributed by atoms with E-state index < -0.39 is 35.8 Å². The van der Waals surface area contributed by atoms with Crippen LogP contribution in [0.5, 0.6) is 0 Å². The van der Waals surface area contributed by atoms with Crippen molar-refractivity contribution in [3.8, 4) is 0 Å². The van der Waals surface area contributed by atoms with Crippen molar-refractivity contribution in [3.63, 3.8) is 0 Å². The highest BCUT2D eigenvalue weighted by atomic mass is 16.6. The number of carbonyl (C=O) groups excluding carboxylic acids is 1. The van der Waals surface area contributed by atoms with Crippen LogP contribution in [-0.2, 0) is 9.53 Å². The highest BCUT2D eigenvalue weighted by Crippen LogP contribution is 2.53. The first kappa shape index (κ1) is 13.8. The lowest BCUT2D eigenvalue weighted by molar-refractivity contribution is -0.142. The van der Waals surface area contributed by atoms with Crippen molar-refractivity contribution >= 4 is 5.97 Å². The van der Waals surface area contributed by atoms with Crippen LogP contribution in [0.4, 0.5) is 0 Å². The fourth-order valence-corrected chi connectivity index (χ4v) is 4.16. The van der Waals surface area contributed by atoms with E-state index in [2.05, 4.69) is 13.2 Å². The van der Waals surface area contributed by atoms with E-state index in [1.54, 1.807) is 6.92 Å². The van der Waals surface area contributed by atoms with E-state index in [4.69, 9.17) is 4.74 Å². The second-order valence-electron chi connectivity index (χ2n) is 6.51. The van der Waals surface area contributed by atoms with Gasteiger partial charge in [-0.05, 0) is 18.9 Å². The Morgan fingerprint density at radius 3 is 2.60 bits per heavy atom. The third-order valence-electron chi connectivity index (χ3n) is 5.22. The van der Waals surface area contributed by atoms with Crippen LogP contribution in [0.3, 0.4) is 0 Å². The quantitative estimate of drug-likeness (QED) is 0.334. The molecule has 0 aromatic carbocycles. The lowest BCUT2D eigenvalue weighted by atomic mass is 9.78. The van der Waals surface area contributed by atoms with E-state index in [1.807, 2.05) is 0 Å². The third kappa shape index (κ3) is 1.70. The molecule has 1 aliphatic heterocycles. The van der Waals surface area contributed by atoms with Gasteiger partial charge in [-0.25, -0.2) is 4.79 Å². The van der Waals surface area contributed by atoms with Gasteiger partial charge in [0.15, 0.2) is 0 Å². The number of rotatable bonds is 0. The second-order valence-corrected chi connectivity index (χ2v) is 6.51. The molecule has 0 amide bonds. The molecule has 2 aliphatic carbocycles. The number of fused-ring (bicyclic) bond motifs is 3. The van der Waals surface area contributed by atoms with E-state index in [9.17, 15) is 20.1 Å². The van der Waals surface area contributed by atoms with Crippen molar-refractivity contribution < 1.29 is 24.9 Å². The maximum absolute atomic E-state index is 11.7. The van der Waals surface area contributed by atoms with Gasteiger partial charge >= 0.3 is 5.97 Å². The van der Waals surface area contributed by atoms with E-state index >= 15 is 0 Å². The number of hydrogen-bond acceptors (Lipinski definition) is 5. The Labute approximate surface area is 117 Å². The van der Waals surface area contributed by atoms with E-state index in [-0.39, 0.29) is 23.8 Å². The predicted molar refractivity (Wildman–Crippen MR) is 70.5 cm³/mol. The molecule has 110 valence electrons. The van der Waals surface area contributed by atoms with Gasteiger partial charge < -0.3 is 20.1 Å². The minimum absolute atomic E-state index is 0.130.